The van der Waals surface area contributed by atoms with E-state index >= 15 is 0 Å². The van der Waals surface area contributed by atoms with Crippen LogP contribution in [0, 0.1) is 11.3 Å². The number of carbonyl (C=O) groups is 1. The van der Waals surface area contributed by atoms with Gasteiger partial charge in [-0.2, -0.15) is 5.26 Å². The van der Waals surface area contributed by atoms with Crippen LogP contribution >= 0.6 is 11.8 Å². The number of hydrogen-bond acceptors (Lipinski definition) is 6. The third kappa shape index (κ3) is 5.39. The predicted molar refractivity (Wildman–Crippen MR) is 117 cm³/mol. The van der Waals surface area contributed by atoms with Gasteiger partial charge in [0.2, 0.25) is 5.91 Å². The predicted octanol–water partition coefficient (Wildman–Crippen LogP) is 4.36. The van der Waals surface area contributed by atoms with Crippen molar-refractivity contribution >= 4 is 23.4 Å². The number of amides is 1. The van der Waals surface area contributed by atoms with Crippen molar-refractivity contribution in [2.24, 2.45) is 0 Å². The quantitative estimate of drug-likeness (QED) is 0.516. The Hall–Kier alpha value is -3.31. The Bertz CT molecular complexity index is 1040. The Morgan fingerprint density at radius 1 is 1.23 bits per heavy atom. The molecule has 2 aromatic carbocycles. The number of rotatable bonds is 9. The lowest BCUT2D eigenvalue weighted by Gasteiger charge is -2.10. The second kappa shape index (κ2) is 10.5. The zero-order chi connectivity index (χ0) is 21.3. The van der Waals surface area contributed by atoms with E-state index in [9.17, 15) is 4.79 Å². The molecule has 30 heavy (non-hydrogen) atoms. The first kappa shape index (κ1) is 21.4. The van der Waals surface area contributed by atoms with Crippen molar-refractivity contribution in [2.75, 3.05) is 18.2 Å². The molecule has 0 aliphatic carbocycles. The van der Waals surface area contributed by atoms with Crippen LogP contribution in [0.3, 0.4) is 0 Å². The van der Waals surface area contributed by atoms with E-state index in [1.807, 2.05) is 24.3 Å². The zero-order valence-electron chi connectivity index (χ0n) is 17.0. The van der Waals surface area contributed by atoms with Crippen LogP contribution in [0.1, 0.15) is 25.3 Å². The molecule has 0 aliphatic heterocycles. The highest BCUT2D eigenvalue weighted by atomic mass is 32.2. The van der Waals surface area contributed by atoms with Crippen LogP contribution in [0.2, 0.25) is 0 Å². The Balaban J connectivity index is 1.72. The van der Waals surface area contributed by atoms with Crippen molar-refractivity contribution in [3.05, 3.63) is 54.1 Å². The second-order valence-electron chi connectivity index (χ2n) is 6.57. The third-order valence-electron chi connectivity index (χ3n) is 4.41. The number of aromatic nitrogens is 3. The molecule has 0 radical (unpaired) electrons. The molecule has 0 saturated carbocycles. The number of methoxy groups -OCH3 is 1. The van der Waals surface area contributed by atoms with Crippen LogP contribution in [0.25, 0.3) is 11.4 Å². The molecule has 0 saturated heterocycles. The molecule has 0 spiro atoms. The highest BCUT2D eigenvalue weighted by Crippen LogP contribution is 2.26. The lowest BCUT2D eigenvalue weighted by molar-refractivity contribution is -0.113. The number of anilines is 1. The summed E-state index contributed by atoms with van der Waals surface area (Å²) >= 11 is 1.35. The number of hydrogen-bond donors (Lipinski definition) is 1. The maximum atomic E-state index is 12.4. The second-order valence-corrected chi connectivity index (χ2v) is 7.51. The maximum absolute atomic E-state index is 12.4. The lowest BCUT2D eigenvalue weighted by atomic mass is 10.2. The van der Waals surface area contributed by atoms with Gasteiger partial charge in [-0.05, 0) is 48.9 Å². The molecule has 3 rings (SSSR count). The first-order valence-corrected chi connectivity index (χ1v) is 10.6. The van der Waals surface area contributed by atoms with E-state index in [0.29, 0.717) is 16.4 Å². The first-order valence-electron chi connectivity index (χ1n) is 9.65. The van der Waals surface area contributed by atoms with Crippen molar-refractivity contribution < 1.29 is 9.53 Å². The third-order valence-corrected chi connectivity index (χ3v) is 5.37. The molecule has 1 heterocycles. The molecule has 1 N–H and O–H groups in total. The molecular formula is C22H23N5O2S. The monoisotopic (exact) mass is 421 g/mol. The van der Waals surface area contributed by atoms with Crippen LogP contribution in [0.4, 0.5) is 5.69 Å². The molecule has 1 aromatic heterocycles. The number of nitriles is 1. The molecule has 0 atom stereocenters. The van der Waals surface area contributed by atoms with Crippen molar-refractivity contribution in [1.82, 2.24) is 14.8 Å². The Labute approximate surface area is 180 Å². The summed E-state index contributed by atoms with van der Waals surface area (Å²) in [5.41, 5.74) is 2.05. The largest absolute Gasteiger partial charge is 0.497 e. The normalized spacial score (nSPS) is 10.4. The summed E-state index contributed by atoms with van der Waals surface area (Å²) in [6.07, 6.45) is 2.03. The fraction of sp³-hybridized carbons (Fsp3) is 0.273. The van der Waals surface area contributed by atoms with Gasteiger partial charge in [0.05, 0.1) is 24.5 Å². The molecule has 0 fully saturated rings. The lowest BCUT2D eigenvalue weighted by Crippen LogP contribution is -2.14. The van der Waals surface area contributed by atoms with E-state index < -0.39 is 0 Å². The first-order chi connectivity index (χ1) is 14.6. The molecule has 154 valence electrons. The van der Waals surface area contributed by atoms with Crippen molar-refractivity contribution in [1.29, 1.82) is 5.26 Å². The minimum atomic E-state index is -0.161. The Morgan fingerprint density at radius 2 is 2.03 bits per heavy atom. The van der Waals surface area contributed by atoms with Crippen LogP contribution in [0.15, 0.2) is 53.7 Å². The average Bonchev–Trinajstić information content (AvgIpc) is 3.19. The van der Waals surface area contributed by atoms with Gasteiger partial charge >= 0.3 is 0 Å². The Morgan fingerprint density at radius 3 is 2.73 bits per heavy atom. The maximum Gasteiger partial charge on any atom is 0.234 e. The number of carbonyl (C=O) groups excluding carboxylic acids is 1. The van der Waals surface area contributed by atoms with Gasteiger partial charge in [-0.25, -0.2) is 0 Å². The molecule has 8 heteroatoms. The molecular weight excluding hydrogens is 398 g/mol. The van der Waals surface area contributed by atoms with Gasteiger partial charge in [-0.15, -0.1) is 10.2 Å². The highest BCUT2D eigenvalue weighted by Gasteiger charge is 2.16. The average molecular weight is 422 g/mol. The number of ether oxygens (including phenoxy) is 1. The summed E-state index contributed by atoms with van der Waals surface area (Å²) in [4.78, 5) is 12.4. The van der Waals surface area contributed by atoms with E-state index in [1.165, 1.54) is 11.8 Å². The number of thioether (sulfide) groups is 1. The number of nitrogens with zero attached hydrogens (tertiary/aromatic N) is 4. The summed E-state index contributed by atoms with van der Waals surface area (Å²) in [5, 5.41) is 21.2. The van der Waals surface area contributed by atoms with Gasteiger partial charge in [0.25, 0.3) is 0 Å². The molecule has 0 aliphatic rings. The Kier molecular flexibility index (Phi) is 7.46. The number of unbranched alkanes of at least 4 members (excludes halogenated alkanes) is 1. The van der Waals surface area contributed by atoms with E-state index in [4.69, 9.17) is 10.00 Å². The molecule has 0 unspecified atom stereocenters. The van der Waals surface area contributed by atoms with Crippen molar-refractivity contribution in [3.8, 4) is 23.2 Å². The van der Waals surface area contributed by atoms with E-state index in [-0.39, 0.29) is 11.7 Å². The van der Waals surface area contributed by atoms with E-state index in [2.05, 4.69) is 33.1 Å². The van der Waals surface area contributed by atoms with Gasteiger partial charge in [0.1, 0.15) is 5.75 Å². The standard InChI is InChI=1S/C22H23N5O2S/c1-3-4-12-27-21(17-8-10-19(29-2)11-9-17)25-26-22(27)30-15-20(28)24-18-7-5-6-16(13-18)14-23/h5-11,13H,3-4,12,15H2,1-2H3,(H,24,28). The van der Waals surface area contributed by atoms with Gasteiger partial charge in [0.15, 0.2) is 11.0 Å². The van der Waals surface area contributed by atoms with Gasteiger partial charge in [-0.1, -0.05) is 31.2 Å². The van der Waals surface area contributed by atoms with E-state index in [0.717, 1.165) is 36.5 Å². The minimum Gasteiger partial charge on any atom is -0.497 e. The van der Waals surface area contributed by atoms with Crippen molar-refractivity contribution in [2.45, 2.75) is 31.5 Å². The fourth-order valence-corrected chi connectivity index (χ4v) is 3.63. The van der Waals surface area contributed by atoms with Crippen LogP contribution in [-0.4, -0.2) is 33.5 Å². The molecule has 3 aromatic rings. The topological polar surface area (TPSA) is 92.8 Å². The van der Waals surface area contributed by atoms with Crippen molar-refractivity contribution in [3.63, 3.8) is 0 Å². The summed E-state index contributed by atoms with van der Waals surface area (Å²) in [6.45, 7) is 2.91. The summed E-state index contributed by atoms with van der Waals surface area (Å²) in [7, 11) is 1.63. The molecule has 7 nitrogen and oxygen atoms in total. The summed E-state index contributed by atoms with van der Waals surface area (Å²) < 4.78 is 7.28. The molecule has 0 bridgehead atoms. The molecule has 1 amide bonds. The van der Waals surface area contributed by atoms with Gasteiger partial charge in [-0.3, -0.25) is 4.79 Å². The minimum absolute atomic E-state index is 0.161. The smallest absolute Gasteiger partial charge is 0.234 e. The van der Waals surface area contributed by atoms with Crippen LogP contribution < -0.4 is 10.1 Å². The van der Waals surface area contributed by atoms with Gasteiger partial charge < -0.3 is 14.6 Å². The van der Waals surface area contributed by atoms with Crippen LogP contribution in [0.5, 0.6) is 5.75 Å². The number of nitrogens with one attached hydrogen (secondary N) is 1. The fourth-order valence-electron chi connectivity index (χ4n) is 2.86. The summed E-state index contributed by atoms with van der Waals surface area (Å²) in [6, 6.07) is 16.6. The highest BCUT2D eigenvalue weighted by molar-refractivity contribution is 7.99. The zero-order valence-corrected chi connectivity index (χ0v) is 17.8. The summed E-state index contributed by atoms with van der Waals surface area (Å²) in [5.74, 6) is 1.59. The SMILES string of the molecule is CCCCn1c(SCC(=O)Nc2cccc(C#N)c2)nnc1-c1ccc(OC)cc1. The van der Waals surface area contributed by atoms with Gasteiger partial charge in [0, 0.05) is 17.8 Å². The van der Waals surface area contributed by atoms with E-state index in [1.54, 1.807) is 31.4 Å². The number of benzene rings is 2. The van der Waals surface area contributed by atoms with Crippen LogP contribution in [-0.2, 0) is 11.3 Å².